The summed E-state index contributed by atoms with van der Waals surface area (Å²) in [6.45, 7) is 7.87. The van der Waals surface area contributed by atoms with E-state index in [1.165, 1.54) is 25.7 Å². The molecule has 0 aliphatic heterocycles. The molecule has 1 atom stereocenters. The van der Waals surface area contributed by atoms with Gasteiger partial charge in [0.2, 0.25) is 0 Å². The summed E-state index contributed by atoms with van der Waals surface area (Å²) in [4.78, 5) is 4.58. The maximum atomic E-state index is 10.4. The van der Waals surface area contributed by atoms with Crippen LogP contribution in [0.3, 0.4) is 0 Å². The molecule has 1 fully saturated rings. The molecule has 0 heterocycles. The molecule has 0 radical (unpaired) electrons. The van der Waals surface area contributed by atoms with Crippen molar-refractivity contribution in [2.24, 2.45) is 4.99 Å². The average Bonchev–Trinajstić information content (AvgIpc) is 2.84. The largest absolute Gasteiger partial charge is 0.388 e. The molecule has 1 unspecified atom stereocenters. The molecule has 4 heteroatoms. The summed E-state index contributed by atoms with van der Waals surface area (Å²) in [5.74, 6) is 0.844. The van der Waals surface area contributed by atoms with E-state index in [2.05, 4.69) is 36.4 Å². The number of aliphatic imine (C=N–C) groups is 1. The summed E-state index contributed by atoms with van der Waals surface area (Å²) >= 11 is 0. The van der Waals surface area contributed by atoms with Crippen LogP contribution in [0.1, 0.15) is 72.1 Å². The Morgan fingerprint density at radius 2 is 1.95 bits per heavy atom. The van der Waals surface area contributed by atoms with Gasteiger partial charge in [0.15, 0.2) is 5.96 Å². The fourth-order valence-corrected chi connectivity index (χ4v) is 2.74. The van der Waals surface area contributed by atoms with Gasteiger partial charge in [-0.05, 0) is 33.1 Å². The van der Waals surface area contributed by atoms with Crippen molar-refractivity contribution in [3.63, 3.8) is 0 Å². The third kappa shape index (κ3) is 6.60. The molecule has 0 bridgehead atoms. The quantitative estimate of drug-likeness (QED) is 0.365. The second-order valence-electron chi connectivity index (χ2n) is 6.17. The molecule has 3 N–H and O–H groups in total. The minimum Gasteiger partial charge on any atom is -0.388 e. The molecule has 0 spiro atoms. The number of nitrogens with one attached hydrogen (secondary N) is 2. The minimum atomic E-state index is -0.562. The van der Waals surface area contributed by atoms with Crippen molar-refractivity contribution in [2.75, 3.05) is 13.1 Å². The van der Waals surface area contributed by atoms with Crippen LogP contribution in [0.15, 0.2) is 4.99 Å². The molecule has 0 aromatic rings. The third-order valence-corrected chi connectivity index (χ3v) is 4.03. The molecule has 0 aromatic heterocycles. The molecule has 1 saturated carbocycles. The molecule has 118 valence electrons. The zero-order valence-electron chi connectivity index (χ0n) is 13.5. The monoisotopic (exact) mass is 283 g/mol. The van der Waals surface area contributed by atoms with Crippen LogP contribution in [0.4, 0.5) is 0 Å². The summed E-state index contributed by atoms with van der Waals surface area (Å²) in [6, 6.07) is 0.428. The van der Waals surface area contributed by atoms with Crippen molar-refractivity contribution >= 4 is 5.96 Å². The summed E-state index contributed by atoms with van der Waals surface area (Å²) in [5, 5.41) is 17.1. The number of rotatable bonds is 8. The predicted octanol–water partition coefficient (Wildman–Crippen LogP) is 2.82. The van der Waals surface area contributed by atoms with Gasteiger partial charge in [0.1, 0.15) is 0 Å². The van der Waals surface area contributed by atoms with Gasteiger partial charge in [0.05, 0.1) is 12.1 Å². The molecule has 0 aromatic carbocycles. The highest BCUT2D eigenvalue weighted by molar-refractivity contribution is 5.80. The van der Waals surface area contributed by atoms with Gasteiger partial charge in [-0.2, -0.15) is 0 Å². The van der Waals surface area contributed by atoms with E-state index in [1.807, 2.05) is 0 Å². The van der Waals surface area contributed by atoms with E-state index in [1.54, 1.807) is 0 Å². The number of guanidine groups is 1. The van der Waals surface area contributed by atoms with E-state index < -0.39 is 5.60 Å². The maximum absolute atomic E-state index is 10.4. The number of hydrogen-bond acceptors (Lipinski definition) is 2. The van der Waals surface area contributed by atoms with E-state index in [0.717, 1.165) is 38.2 Å². The second-order valence-corrected chi connectivity index (χ2v) is 6.17. The lowest BCUT2D eigenvalue weighted by Gasteiger charge is -2.22. The fraction of sp³-hybridized carbons (Fsp3) is 0.938. The molecule has 4 nitrogen and oxygen atoms in total. The molecule has 20 heavy (non-hydrogen) atoms. The van der Waals surface area contributed by atoms with E-state index >= 15 is 0 Å². The Kier molecular flexibility index (Phi) is 7.97. The Morgan fingerprint density at radius 1 is 1.25 bits per heavy atom. The van der Waals surface area contributed by atoms with Crippen LogP contribution < -0.4 is 10.6 Å². The zero-order valence-corrected chi connectivity index (χ0v) is 13.5. The first kappa shape index (κ1) is 17.3. The summed E-state index contributed by atoms with van der Waals surface area (Å²) in [5.41, 5.74) is -0.562. The normalized spacial score (nSPS) is 19.9. The van der Waals surface area contributed by atoms with Gasteiger partial charge in [-0.1, -0.05) is 39.0 Å². The van der Waals surface area contributed by atoms with Gasteiger partial charge in [0.25, 0.3) is 0 Å². The first-order chi connectivity index (χ1) is 9.59. The van der Waals surface area contributed by atoms with Gasteiger partial charge in [-0.3, -0.25) is 4.99 Å². The van der Waals surface area contributed by atoms with Crippen molar-refractivity contribution in [1.82, 2.24) is 10.6 Å². The SMILES string of the molecule is CCCCCC(C)NC(=NCC1(O)CCCC1)NCC. The third-order valence-electron chi connectivity index (χ3n) is 4.03. The van der Waals surface area contributed by atoms with Crippen molar-refractivity contribution in [1.29, 1.82) is 0 Å². The maximum Gasteiger partial charge on any atom is 0.191 e. The second kappa shape index (κ2) is 9.22. The first-order valence-electron chi connectivity index (χ1n) is 8.37. The van der Waals surface area contributed by atoms with Crippen molar-refractivity contribution in [2.45, 2.75) is 83.8 Å². The highest BCUT2D eigenvalue weighted by Crippen LogP contribution is 2.29. The van der Waals surface area contributed by atoms with Crippen molar-refractivity contribution in [3.05, 3.63) is 0 Å². The van der Waals surface area contributed by atoms with Crippen LogP contribution in [-0.4, -0.2) is 35.8 Å². The topological polar surface area (TPSA) is 56.7 Å². The lowest BCUT2D eigenvalue weighted by Crippen LogP contribution is -2.43. The fourth-order valence-electron chi connectivity index (χ4n) is 2.74. The van der Waals surface area contributed by atoms with E-state index in [4.69, 9.17) is 0 Å². The van der Waals surface area contributed by atoms with Crippen LogP contribution >= 0.6 is 0 Å². The lowest BCUT2D eigenvalue weighted by molar-refractivity contribution is 0.0574. The summed E-state index contributed by atoms with van der Waals surface area (Å²) in [7, 11) is 0. The average molecular weight is 283 g/mol. The van der Waals surface area contributed by atoms with E-state index in [-0.39, 0.29) is 0 Å². The van der Waals surface area contributed by atoms with Gasteiger partial charge in [-0.25, -0.2) is 0 Å². The Hall–Kier alpha value is -0.770. The standard InChI is InChI=1S/C16H33N3O/c1-4-6-7-10-14(3)19-15(17-5-2)18-13-16(20)11-8-9-12-16/h14,20H,4-13H2,1-3H3,(H2,17,18,19). The predicted molar refractivity (Wildman–Crippen MR) is 86.1 cm³/mol. The highest BCUT2D eigenvalue weighted by Gasteiger charge is 2.30. The number of hydrogen-bond donors (Lipinski definition) is 3. The zero-order chi connectivity index (χ0) is 14.8. The van der Waals surface area contributed by atoms with Crippen molar-refractivity contribution < 1.29 is 5.11 Å². The molecule has 1 aliphatic rings. The molecule has 0 amide bonds. The number of unbranched alkanes of at least 4 members (excludes halogenated alkanes) is 2. The van der Waals surface area contributed by atoms with E-state index in [9.17, 15) is 5.11 Å². The Morgan fingerprint density at radius 3 is 2.55 bits per heavy atom. The van der Waals surface area contributed by atoms with Crippen LogP contribution in [0, 0.1) is 0 Å². The van der Waals surface area contributed by atoms with Gasteiger partial charge in [-0.15, -0.1) is 0 Å². The smallest absolute Gasteiger partial charge is 0.191 e. The molecule has 1 aliphatic carbocycles. The lowest BCUT2D eigenvalue weighted by atomic mass is 10.0. The molecule has 1 rings (SSSR count). The van der Waals surface area contributed by atoms with Crippen LogP contribution in [0.5, 0.6) is 0 Å². The number of nitrogens with zero attached hydrogens (tertiary/aromatic N) is 1. The van der Waals surface area contributed by atoms with Crippen LogP contribution in [-0.2, 0) is 0 Å². The van der Waals surface area contributed by atoms with Crippen molar-refractivity contribution in [3.8, 4) is 0 Å². The van der Waals surface area contributed by atoms with E-state index in [0.29, 0.717) is 12.6 Å². The van der Waals surface area contributed by atoms with Gasteiger partial charge in [0, 0.05) is 12.6 Å². The first-order valence-corrected chi connectivity index (χ1v) is 8.37. The van der Waals surface area contributed by atoms with Crippen LogP contribution in [0.2, 0.25) is 0 Å². The van der Waals surface area contributed by atoms with Gasteiger partial charge < -0.3 is 15.7 Å². The minimum absolute atomic E-state index is 0.428. The van der Waals surface area contributed by atoms with Crippen LogP contribution in [0.25, 0.3) is 0 Å². The molecular weight excluding hydrogens is 250 g/mol. The molecular formula is C16H33N3O. The number of aliphatic hydroxyl groups is 1. The summed E-state index contributed by atoms with van der Waals surface area (Å²) in [6.07, 6.45) is 9.01. The summed E-state index contributed by atoms with van der Waals surface area (Å²) < 4.78 is 0. The molecule has 0 saturated heterocycles. The Labute approximate surface area is 124 Å². The Bertz CT molecular complexity index is 285. The Balaban J connectivity index is 2.41. The highest BCUT2D eigenvalue weighted by atomic mass is 16.3. The van der Waals surface area contributed by atoms with Gasteiger partial charge >= 0.3 is 0 Å².